The van der Waals surface area contributed by atoms with Crippen molar-refractivity contribution < 1.29 is 9.53 Å². The number of amides is 1. The van der Waals surface area contributed by atoms with Crippen molar-refractivity contribution in [3.63, 3.8) is 0 Å². The monoisotopic (exact) mass is 229 g/mol. The summed E-state index contributed by atoms with van der Waals surface area (Å²) in [6.07, 6.45) is 1.78. The number of rotatable bonds is 5. The molecule has 0 aliphatic heterocycles. The summed E-state index contributed by atoms with van der Waals surface area (Å²) in [5, 5.41) is 2.75. The standard InChI is InChI=1S/C13H27NO2/c1-7-16-11(15)14-10-8-9-13(5,6)12(2,3)4/h7-10H2,1-6H3,(H,14,15). The van der Waals surface area contributed by atoms with Crippen LogP contribution in [0.15, 0.2) is 0 Å². The van der Waals surface area contributed by atoms with Gasteiger partial charge in [0.25, 0.3) is 0 Å². The van der Waals surface area contributed by atoms with E-state index in [9.17, 15) is 4.79 Å². The van der Waals surface area contributed by atoms with Crippen molar-refractivity contribution >= 4 is 6.09 Å². The van der Waals surface area contributed by atoms with Gasteiger partial charge >= 0.3 is 6.09 Å². The van der Waals surface area contributed by atoms with Gasteiger partial charge in [0.1, 0.15) is 0 Å². The molecule has 0 aromatic heterocycles. The molecule has 1 N–H and O–H groups in total. The number of hydrogen-bond donors (Lipinski definition) is 1. The van der Waals surface area contributed by atoms with Crippen LogP contribution in [0.25, 0.3) is 0 Å². The van der Waals surface area contributed by atoms with E-state index in [1.807, 2.05) is 6.92 Å². The van der Waals surface area contributed by atoms with Crippen LogP contribution in [0.2, 0.25) is 0 Å². The average Bonchev–Trinajstić information content (AvgIpc) is 2.11. The van der Waals surface area contributed by atoms with Crippen molar-refractivity contribution in [1.82, 2.24) is 5.32 Å². The van der Waals surface area contributed by atoms with Gasteiger partial charge in [-0.15, -0.1) is 0 Å². The minimum Gasteiger partial charge on any atom is -0.450 e. The predicted octanol–water partition coefficient (Wildman–Crippen LogP) is 3.59. The van der Waals surface area contributed by atoms with Gasteiger partial charge in [0.15, 0.2) is 0 Å². The van der Waals surface area contributed by atoms with Gasteiger partial charge in [-0.2, -0.15) is 0 Å². The first-order chi connectivity index (χ1) is 7.20. The Morgan fingerprint density at radius 1 is 1.19 bits per heavy atom. The lowest BCUT2D eigenvalue weighted by Gasteiger charge is -2.39. The lowest BCUT2D eigenvalue weighted by molar-refractivity contribution is 0.115. The quantitative estimate of drug-likeness (QED) is 0.732. The number of nitrogens with one attached hydrogen (secondary N) is 1. The number of carbonyl (C=O) groups is 1. The van der Waals surface area contributed by atoms with Gasteiger partial charge < -0.3 is 10.1 Å². The van der Waals surface area contributed by atoms with E-state index in [4.69, 9.17) is 4.74 Å². The first-order valence-corrected chi connectivity index (χ1v) is 6.11. The van der Waals surface area contributed by atoms with Gasteiger partial charge in [-0.25, -0.2) is 4.79 Å². The van der Waals surface area contributed by atoms with Gasteiger partial charge in [0.2, 0.25) is 0 Å². The highest BCUT2D eigenvalue weighted by Gasteiger charge is 2.31. The molecule has 0 unspecified atom stereocenters. The summed E-state index contributed by atoms with van der Waals surface area (Å²) >= 11 is 0. The second kappa shape index (κ2) is 6.12. The molecule has 0 rings (SSSR count). The molecule has 0 spiro atoms. The van der Waals surface area contributed by atoms with Gasteiger partial charge in [0, 0.05) is 6.54 Å². The van der Waals surface area contributed by atoms with Crippen molar-refractivity contribution in [3.8, 4) is 0 Å². The van der Waals surface area contributed by atoms with Gasteiger partial charge in [0.05, 0.1) is 6.61 Å². The van der Waals surface area contributed by atoms with E-state index in [-0.39, 0.29) is 16.9 Å². The van der Waals surface area contributed by atoms with E-state index >= 15 is 0 Å². The highest BCUT2D eigenvalue weighted by molar-refractivity contribution is 5.66. The Balaban J connectivity index is 3.78. The zero-order valence-corrected chi connectivity index (χ0v) is 11.6. The molecule has 0 aliphatic carbocycles. The van der Waals surface area contributed by atoms with Crippen LogP contribution in [0.3, 0.4) is 0 Å². The van der Waals surface area contributed by atoms with Crippen molar-refractivity contribution in [3.05, 3.63) is 0 Å². The highest BCUT2D eigenvalue weighted by atomic mass is 16.5. The smallest absolute Gasteiger partial charge is 0.407 e. The van der Waals surface area contributed by atoms with Gasteiger partial charge in [-0.05, 0) is 30.6 Å². The summed E-state index contributed by atoms with van der Waals surface area (Å²) in [6.45, 7) is 14.2. The molecule has 0 aromatic carbocycles. The first-order valence-electron chi connectivity index (χ1n) is 6.11. The third-order valence-electron chi connectivity index (χ3n) is 3.55. The summed E-state index contributed by atoms with van der Waals surface area (Å²) in [5.41, 5.74) is 0.570. The van der Waals surface area contributed by atoms with Crippen LogP contribution < -0.4 is 5.32 Å². The van der Waals surface area contributed by atoms with E-state index in [2.05, 4.69) is 39.9 Å². The van der Waals surface area contributed by atoms with Crippen molar-refractivity contribution in [2.24, 2.45) is 10.8 Å². The number of hydrogen-bond acceptors (Lipinski definition) is 2. The van der Waals surface area contributed by atoms with Crippen LogP contribution in [-0.2, 0) is 4.74 Å². The fraction of sp³-hybridized carbons (Fsp3) is 0.923. The highest BCUT2D eigenvalue weighted by Crippen LogP contribution is 2.41. The van der Waals surface area contributed by atoms with Crippen molar-refractivity contribution in [2.75, 3.05) is 13.2 Å². The molecule has 0 radical (unpaired) electrons. The summed E-state index contributed by atoms with van der Waals surface area (Å²) in [7, 11) is 0. The van der Waals surface area contributed by atoms with E-state index in [1.54, 1.807) is 0 Å². The largest absolute Gasteiger partial charge is 0.450 e. The maximum Gasteiger partial charge on any atom is 0.407 e. The predicted molar refractivity (Wildman–Crippen MR) is 67.5 cm³/mol. The second-order valence-corrected chi connectivity index (χ2v) is 5.88. The number of carbonyl (C=O) groups excluding carboxylic acids is 1. The van der Waals surface area contributed by atoms with Gasteiger partial charge in [-0.3, -0.25) is 0 Å². The van der Waals surface area contributed by atoms with E-state index < -0.39 is 0 Å². The zero-order valence-electron chi connectivity index (χ0n) is 11.6. The minimum absolute atomic E-state index is 0.281. The Morgan fingerprint density at radius 3 is 2.19 bits per heavy atom. The van der Waals surface area contributed by atoms with Crippen molar-refractivity contribution in [2.45, 2.75) is 54.4 Å². The van der Waals surface area contributed by atoms with Crippen LogP contribution in [0.4, 0.5) is 4.79 Å². The van der Waals surface area contributed by atoms with E-state index in [0.717, 1.165) is 12.8 Å². The third-order valence-corrected chi connectivity index (χ3v) is 3.55. The fourth-order valence-electron chi connectivity index (χ4n) is 1.28. The van der Waals surface area contributed by atoms with Crippen LogP contribution >= 0.6 is 0 Å². The summed E-state index contributed by atoms with van der Waals surface area (Å²) < 4.78 is 4.79. The number of alkyl carbamates (subject to hydrolysis) is 1. The molecular formula is C13H27NO2. The molecule has 0 fully saturated rings. The maximum atomic E-state index is 11.0. The van der Waals surface area contributed by atoms with Crippen molar-refractivity contribution in [1.29, 1.82) is 0 Å². The van der Waals surface area contributed by atoms with Crippen LogP contribution in [0.5, 0.6) is 0 Å². The molecule has 0 aliphatic rings. The Kier molecular flexibility index (Phi) is 5.84. The lowest BCUT2D eigenvalue weighted by Crippen LogP contribution is -2.31. The topological polar surface area (TPSA) is 38.3 Å². The zero-order chi connectivity index (χ0) is 12.8. The molecule has 96 valence electrons. The van der Waals surface area contributed by atoms with Crippen LogP contribution in [0.1, 0.15) is 54.4 Å². The molecule has 0 saturated heterocycles. The minimum atomic E-state index is -0.309. The lowest BCUT2D eigenvalue weighted by atomic mass is 9.67. The van der Waals surface area contributed by atoms with E-state index in [0.29, 0.717) is 13.2 Å². The Morgan fingerprint density at radius 2 is 1.75 bits per heavy atom. The molecular weight excluding hydrogens is 202 g/mol. The SMILES string of the molecule is CCOC(=O)NCCCC(C)(C)C(C)(C)C. The number of ether oxygens (including phenoxy) is 1. The first kappa shape index (κ1) is 15.3. The Labute approximate surface area is 99.9 Å². The maximum absolute atomic E-state index is 11.0. The molecule has 1 amide bonds. The molecule has 3 nitrogen and oxygen atoms in total. The molecule has 0 aromatic rings. The molecule has 0 heterocycles. The summed E-state index contributed by atoms with van der Waals surface area (Å²) in [4.78, 5) is 11.0. The third kappa shape index (κ3) is 5.38. The summed E-state index contributed by atoms with van der Waals surface area (Å²) in [5.74, 6) is 0. The second-order valence-electron chi connectivity index (χ2n) is 5.88. The van der Waals surface area contributed by atoms with Crippen LogP contribution in [-0.4, -0.2) is 19.2 Å². The normalized spacial score (nSPS) is 12.4. The molecule has 0 saturated carbocycles. The van der Waals surface area contributed by atoms with Gasteiger partial charge in [-0.1, -0.05) is 34.6 Å². The molecule has 0 atom stereocenters. The Bertz CT molecular complexity index is 216. The average molecular weight is 229 g/mol. The molecule has 0 bridgehead atoms. The Hall–Kier alpha value is -0.730. The molecule has 3 heteroatoms. The molecule has 16 heavy (non-hydrogen) atoms. The summed E-state index contributed by atoms with van der Waals surface area (Å²) in [6, 6.07) is 0. The fourth-order valence-corrected chi connectivity index (χ4v) is 1.28. The van der Waals surface area contributed by atoms with E-state index in [1.165, 1.54) is 0 Å². The van der Waals surface area contributed by atoms with Crippen LogP contribution in [0, 0.1) is 10.8 Å².